The van der Waals surface area contributed by atoms with Crippen LogP contribution >= 0.6 is 15.9 Å². The number of nitrogens with zero attached hydrogens (tertiary/aromatic N) is 2. The fourth-order valence-corrected chi connectivity index (χ4v) is 1.71. The number of hydrogen-bond acceptors (Lipinski definition) is 5. The van der Waals surface area contributed by atoms with Gasteiger partial charge in [0, 0.05) is 5.69 Å². The highest BCUT2D eigenvalue weighted by atomic mass is 79.9. The molecule has 0 saturated heterocycles. The van der Waals surface area contributed by atoms with Crippen LogP contribution in [0.4, 0.5) is 17.3 Å². The van der Waals surface area contributed by atoms with Crippen molar-refractivity contribution in [3.05, 3.63) is 35.1 Å². The highest BCUT2D eigenvalue weighted by molar-refractivity contribution is 9.10. The number of ether oxygens (including phenoxy) is 1. The third kappa shape index (κ3) is 2.89. The minimum atomic E-state index is 0.401. The molecule has 0 aliphatic rings. The molecule has 0 aliphatic carbocycles. The van der Waals surface area contributed by atoms with Crippen LogP contribution in [0.15, 0.2) is 35.1 Å². The van der Waals surface area contributed by atoms with Crippen LogP contribution in [0.3, 0.4) is 0 Å². The third-order valence-electron chi connectivity index (χ3n) is 2.24. The molecule has 0 bridgehead atoms. The highest BCUT2D eigenvalue weighted by Gasteiger charge is 2.05. The molecule has 1 aromatic heterocycles. The van der Waals surface area contributed by atoms with E-state index in [0.717, 1.165) is 11.4 Å². The average molecular weight is 309 g/mol. The highest BCUT2D eigenvalue weighted by Crippen LogP contribution is 2.27. The summed E-state index contributed by atoms with van der Waals surface area (Å²) in [6, 6.07) is 7.61. The topological polar surface area (TPSA) is 73.1 Å². The van der Waals surface area contributed by atoms with Gasteiger partial charge in [-0.3, -0.25) is 0 Å². The predicted molar refractivity (Wildman–Crippen MR) is 75.0 cm³/mol. The summed E-state index contributed by atoms with van der Waals surface area (Å²) in [5, 5.41) is 3.15. The van der Waals surface area contributed by atoms with Crippen LogP contribution in [0.25, 0.3) is 0 Å². The van der Waals surface area contributed by atoms with E-state index in [1.54, 1.807) is 0 Å². The zero-order valence-corrected chi connectivity index (χ0v) is 11.4. The van der Waals surface area contributed by atoms with E-state index in [9.17, 15) is 0 Å². The molecule has 6 heteroatoms. The average Bonchev–Trinajstić information content (AvgIpc) is 2.38. The summed E-state index contributed by atoms with van der Waals surface area (Å²) in [7, 11) is 0. The van der Waals surface area contributed by atoms with Crippen molar-refractivity contribution in [2.24, 2.45) is 0 Å². The minimum Gasteiger partial charge on any atom is -0.494 e. The summed E-state index contributed by atoms with van der Waals surface area (Å²) in [5.74, 6) is 1.87. The number of nitrogens with one attached hydrogen (secondary N) is 1. The van der Waals surface area contributed by atoms with E-state index in [4.69, 9.17) is 10.5 Å². The van der Waals surface area contributed by atoms with Gasteiger partial charge in [0.15, 0.2) is 0 Å². The van der Waals surface area contributed by atoms with E-state index >= 15 is 0 Å². The zero-order valence-electron chi connectivity index (χ0n) is 9.85. The lowest BCUT2D eigenvalue weighted by molar-refractivity contribution is 0.340. The van der Waals surface area contributed by atoms with Gasteiger partial charge in [-0.15, -0.1) is 0 Å². The number of nitrogens with two attached hydrogens (primary N) is 1. The molecule has 94 valence electrons. The monoisotopic (exact) mass is 308 g/mol. The minimum absolute atomic E-state index is 0.401. The molecule has 0 aliphatic heterocycles. The molecule has 0 fully saturated rings. The lowest BCUT2D eigenvalue weighted by Gasteiger charge is -2.09. The van der Waals surface area contributed by atoms with Crippen molar-refractivity contribution in [1.82, 2.24) is 9.97 Å². The van der Waals surface area contributed by atoms with Crippen molar-refractivity contribution < 1.29 is 4.74 Å². The van der Waals surface area contributed by atoms with Gasteiger partial charge in [0.1, 0.15) is 28.2 Å². The molecule has 0 spiro atoms. The van der Waals surface area contributed by atoms with Crippen LogP contribution in [0.2, 0.25) is 0 Å². The van der Waals surface area contributed by atoms with E-state index < -0.39 is 0 Å². The molecular weight excluding hydrogens is 296 g/mol. The summed E-state index contributed by atoms with van der Waals surface area (Å²) in [6.07, 6.45) is 1.41. The number of nitrogen functional groups attached to an aromatic ring is 1. The van der Waals surface area contributed by atoms with Crippen LogP contribution in [0, 0.1) is 0 Å². The molecule has 1 aromatic carbocycles. The van der Waals surface area contributed by atoms with E-state index in [0.29, 0.717) is 22.7 Å². The molecule has 1 heterocycles. The lowest BCUT2D eigenvalue weighted by atomic mass is 10.3. The van der Waals surface area contributed by atoms with Gasteiger partial charge in [-0.25, -0.2) is 9.97 Å². The van der Waals surface area contributed by atoms with Gasteiger partial charge >= 0.3 is 0 Å². The van der Waals surface area contributed by atoms with Crippen molar-refractivity contribution in [3.8, 4) is 5.75 Å². The van der Waals surface area contributed by atoms with Gasteiger partial charge in [-0.2, -0.15) is 0 Å². The normalized spacial score (nSPS) is 10.1. The van der Waals surface area contributed by atoms with Gasteiger partial charge in [-0.1, -0.05) is 0 Å². The van der Waals surface area contributed by atoms with Crippen LogP contribution in [-0.4, -0.2) is 16.6 Å². The first-order chi connectivity index (χ1) is 8.70. The van der Waals surface area contributed by atoms with Gasteiger partial charge in [0.05, 0.1) is 6.61 Å². The number of anilines is 3. The lowest BCUT2D eigenvalue weighted by Crippen LogP contribution is -2.00. The molecule has 0 atom stereocenters. The Morgan fingerprint density at radius 2 is 2.00 bits per heavy atom. The maximum atomic E-state index is 5.68. The number of halogens is 1. The Morgan fingerprint density at radius 3 is 2.67 bits per heavy atom. The fourth-order valence-electron chi connectivity index (χ4n) is 1.41. The van der Waals surface area contributed by atoms with Gasteiger partial charge in [0.2, 0.25) is 0 Å². The summed E-state index contributed by atoms with van der Waals surface area (Å²) in [6.45, 7) is 2.60. The maximum Gasteiger partial charge on any atom is 0.150 e. The molecule has 2 rings (SSSR count). The van der Waals surface area contributed by atoms with Crippen molar-refractivity contribution in [2.75, 3.05) is 17.7 Å². The van der Waals surface area contributed by atoms with Crippen LogP contribution in [0.5, 0.6) is 5.75 Å². The van der Waals surface area contributed by atoms with E-state index in [2.05, 4.69) is 31.2 Å². The number of rotatable bonds is 4. The van der Waals surface area contributed by atoms with E-state index in [1.165, 1.54) is 6.33 Å². The first-order valence-electron chi connectivity index (χ1n) is 5.46. The summed E-state index contributed by atoms with van der Waals surface area (Å²) in [4.78, 5) is 7.99. The molecule has 3 N–H and O–H groups in total. The SMILES string of the molecule is CCOc1ccc(Nc2ncnc(N)c2Br)cc1. The molecule has 0 radical (unpaired) electrons. The Labute approximate surface area is 114 Å². The van der Waals surface area contributed by atoms with Gasteiger partial charge in [0.25, 0.3) is 0 Å². The third-order valence-corrected chi connectivity index (χ3v) is 3.03. The predicted octanol–water partition coefficient (Wildman–Crippen LogP) is 2.96. The Kier molecular flexibility index (Phi) is 3.99. The van der Waals surface area contributed by atoms with Crippen molar-refractivity contribution >= 4 is 33.3 Å². The Hall–Kier alpha value is -1.82. The van der Waals surface area contributed by atoms with Crippen LogP contribution in [0.1, 0.15) is 6.92 Å². The summed E-state index contributed by atoms with van der Waals surface area (Å²) < 4.78 is 6.02. The standard InChI is InChI=1S/C12H13BrN4O/c1-2-18-9-5-3-8(4-6-9)17-12-10(13)11(14)15-7-16-12/h3-7H,2H2,1H3,(H3,14,15,16,17). The molecule has 2 aromatic rings. The fraction of sp³-hybridized carbons (Fsp3) is 0.167. The second-order valence-electron chi connectivity index (χ2n) is 3.50. The number of aromatic nitrogens is 2. The molecular formula is C12H13BrN4O. The van der Waals surface area contributed by atoms with Gasteiger partial charge in [-0.05, 0) is 47.1 Å². The second-order valence-corrected chi connectivity index (χ2v) is 4.30. The van der Waals surface area contributed by atoms with Crippen molar-refractivity contribution in [3.63, 3.8) is 0 Å². The van der Waals surface area contributed by atoms with E-state index in [1.807, 2.05) is 31.2 Å². The van der Waals surface area contributed by atoms with Crippen LogP contribution < -0.4 is 15.8 Å². The Balaban J connectivity index is 2.16. The Morgan fingerprint density at radius 1 is 1.28 bits per heavy atom. The largest absolute Gasteiger partial charge is 0.494 e. The summed E-state index contributed by atoms with van der Waals surface area (Å²) >= 11 is 3.34. The molecule has 18 heavy (non-hydrogen) atoms. The first kappa shape index (κ1) is 12.6. The van der Waals surface area contributed by atoms with Crippen molar-refractivity contribution in [2.45, 2.75) is 6.92 Å². The number of hydrogen-bond donors (Lipinski definition) is 2. The number of benzene rings is 1. The zero-order chi connectivity index (χ0) is 13.0. The first-order valence-corrected chi connectivity index (χ1v) is 6.26. The quantitative estimate of drug-likeness (QED) is 0.908. The maximum absolute atomic E-state index is 5.68. The molecule has 0 unspecified atom stereocenters. The summed E-state index contributed by atoms with van der Waals surface area (Å²) in [5.41, 5.74) is 6.58. The van der Waals surface area contributed by atoms with Crippen LogP contribution in [-0.2, 0) is 0 Å². The smallest absolute Gasteiger partial charge is 0.150 e. The molecule has 0 amide bonds. The van der Waals surface area contributed by atoms with Gasteiger partial charge < -0.3 is 15.8 Å². The second kappa shape index (κ2) is 5.68. The Bertz CT molecular complexity index is 530. The van der Waals surface area contributed by atoms with E-state index in [-0.39, 0.29) is 0 Å². The molecule has 5 nitrogen and oxygen atoms in total. The molecule has 0 saturated carbocycles. The van der Waals surface area contributed by atoms with Crippen molar-refractivity contribution in [1.29, 1.82) is 0 Å².